The van der Waals surface area contributed by atoms with E-state index in [-0.39, 0.29) is 11.0 Å². The predicted molar refractivity (Wildman–Crippen MR) is 74.2 cm³/mol. The first kappa shape index (κ1) is 12.9. The molecule has 0 aliphatic heterocycles. The van der Waals surface area contributed by atoms with E-state index in [0.717, 1.165) is 4.47 Å². The minimum Gasteiger partial charge on any atom is -0.367 e. The van der Waals surface area contributed by atoms with E-state index >= 15 is 0 Å². The summed E-state index contributed by atoms with van der Waals surface area (Å²) in [6, 6.07) is 6.29. The monoisotopic (exact) mass is 326 g/mol. The molecule has 0 saturated carbocycles. The summed E-state index contributed by atoms with van der Waals surface area (Å²) >= 11 is 9.16. The third-order valence-electron chi connectivity index (χ3n) is 2.25. The number of hydrogen-bond acceptors (Lipinski definition) is 2. The second kappa shape index (κ2) is 5.37. The molecule has 6 heteroatoms. The minimum atomic E-state index is -0.477. The van der Waals surface area contributed by atoms with E-state index in [1.54, 1.807) is 18.2 Å². The van der Waals surface area contributed by atoms with Crippen LogP contribution in [0.5, 0.6) is 0 Å². The Morgan fingerprint density at radius 2 is 2.11 bits per heavy atom. The number of carbonyl (C=O) groups is 1. The van der Waals surface area contributed by atoms with Gasteiger partial charge in [0.25, 0.3) is 5.91 Å². The summed E-state index contributed by atoms with van der Waals surface area (Å²) in [6.45, 7) is 0. The highest BCUT2D eigenvalue weighted by Gasteiger charge is 2.10. The topological polar surface area (TPSA) is 62.0 Å². The van der Waals surface area contributed by atoms with Crippen LogP contribution in [0, 0.1) is 0 Å². The maximum atomic E-state index is 11.8. The first-order valence-electron chi connectivity index (χ1n) is 5.01. The predicted octanol–water partition coefficient (Wildman–Crippen LogP) is 3.04. The van der Waals surface area contributed by atoms with E-state index in [2.05, 4.69) is 26.2 Å². The summed E-state index contributed by atoms with van der Waals surface area (Å²) in [4.78, 5) is 26.0. The molecule has 0 unspecified atom stereocenters. The molecule has 18 heavy (non-hydrogen) atoms. The molecule has 0 aliphatic rings. The molecule has 0 bridgehead atoms. The number of pyridine rings is 1. The van der Waals surface area contributed by atoms with Gasteiger partial charge >= 0.3 is 0 Å². The van der Waals surface area contributed by atoms with Crippen molar-refractivity contribution in [3.63, 3.8) is 0 Å². The molecule has 92 valence electrons. The molecular formula is C12H8BrClN2O2. The van der Waals surface area contributed by atoms with Crippen molar-refractivity contribution in [1.82, 2.24) is 4.98 Å². The fourth-order valence-corrected chi connectivity index (χ4v) is 1.79. The van der Waals surface area contributed by atoms with Gasteiger partial charge in [0.15, 0.2) is 5.43 Å². The quantitative estimate of drug-likeness (QED) is 0.890. The molecule has 2 rings (SSSR count). The van der Waals surface area contributed by atoms with Gasteiger partial charge in [0.1, 0.15) is 5.56 Å². The van der Waals surface area contributed by atoms with Crippen molar-refractivity contribution in [3.05, 3.63) is 61.9 Å². The third-order valence-corrected chi connectivity index (χ3v) is 3.48. The van der Waals surface area contributed by atoms with Crippen LogP contribution < -0.4 is 10.7 Å². The second-order valence-corrected chi connectivity index (χ2v) is 4.77. The van der Waals surface area contributed by atoms with Gasteiger partial charge in [0.2, 0.25) is 0 Å². The fourth-order valence-electron chi connectivity index (χ4n) is 1.37. The molecule has 0 saturated heterocycles. The molecule has 2 N–H and O–H groups in total. The molecule has 2 aromatic rings. The maximum Gasteiger partial charge on any atom is 0.261 e. The highest BCUT2D eigenvalue weighted by Crippen LogP contribution is 2.25. The number of carbonyl (C=O) groups excluding carboxylic acids is 1. The van der Waals surface area contributed by atoms with Gasteiger partial charge in [-0.15, -0.1) is 0 Å². The lowest BCUT2D eigenvalue weighted by Crippen LogP contribution is -2.20. The third kappa shape index (κ3) is 2.80. The van der Waals surface area contributed by atoms with Crippen molar-refractivity contribution in [2.75, 3.05) is 5.32 Å². The van der Waals surface area contributed by atoms with Crippen molar-refractivity contribution < 1.29 is 4.79 Å². The van der Waals surface area contributed by atoms with Gasteiger partial charge in [0.05, 0.1) is 5.02 Å². The zero-order valence-corrected chi connectivity index (χ0v) is 11.4. The smallest absolute Gasteiger partial charge is 0.261 e. The van der Waals surface area contributed by atoms with Crippen molar-refractivity contribution in [2.45, 2.75) is 0 Å². The van der Waals surface area contributed by atoms with E-state index in [4.69, 9.17) is 11.6 Å². The number of halogens is 2. The molecular weight excluding hydrogens is 320 g/mol. The number of benzene rings is 1. The van der Waals surface area contributed by atoms with Crippen LogP contribution in [0.3, 0.4) is 0 Å². The molecule has 4 nitrogen and oxygen atoms in total. The Bertz CT molecular complexity index is 655. The molecule has 0 radical (unpaired) electrons. The van der Waals surface area contributed by atoms with Gasteiger partial charge < -0.3 is 10.3 Å². The summed E-state index contributed by atoms with van der Waals surface area (Å²) in [5.41, 5.74) is 0.238. The van der Waals surface area contributed by atoms with Gasteiger partial charge in [-0.25, -0.2) is 0 Å². The first-order valence-corrected chi connectivity index (χ1v) is 6.18. The number of rotatable bonds is 2. The molecule has 1 aromatic carbocycles. The van der Waals surface area contributed by atoms with Crippen LogP contribution in [0.4, 0.5) is 5.69 Å². The lowest BCUT2D eigenvalue weighted by molar-refractivity contribution is 0.102. The zero-order chi connectivity index (χ0) is 13.1. The number of anilines is 1. The Morgan fingerprint density at radius 1 is 1.33 bits per heavy atom. The van der Waals surface area contributed by atoms with Gasteiger partial charge in [-0.3, -0.25) is 9.59 Å². The number of hydrogen-bond donors (Lipinski definition) is 2. The first-order chi connectivity index (χ1) is 8.58. The highest BCUT2D eigenvalue weighted by atomic mass is 79.9. The van der Waals surface area contributed by atoms with E-state index in [1.165, 1.54) is 18.5 Å². The average Bonchev–Trinajstić information content (AvgIpc) is 2.34. The zero-order valence-electron chi connectivity index (χ0n) is 9.04. The summed E-state index contributed by atoms with van der Waals surface area (Å²) in [5, 5.41) is 3.08. The number of amides is 1. The van der Waals surface area contributed by atoms with E-state index in [0.29, 0.717) is 10.7 Å². The standard InChI is InChI=1S/C12H8BrClN2O2/c13-9-2-1-7(5-10(9)14)16-12(18)8-6-15-4-3-11(8)17/h1-6H,(H,15,17)(H,16,18). The summed E-state index contributed by atoms with van der Waals surface area (Å²) in [6.07, 6.45) is 2.83. The van der Waals surface area contributed by atoms with Gasteiger partial charge in [-0.2, -0.15) is 0 Å². The molecule has 1 heterocycles. The SMILES string of the molecule is O=C(Nc1ccc(Br)c(Cl)c1)c1c[nH]ccc1=O. The summed E-state index contributed by atoms with van der Waals surface area (Å²) in [5.74, 6) is -0.477. The van der Waals surface area contributed by atoms with E-state index in [1.807, 2.05) is 0 Å². The number of aromatic amines is 1. The lowest BCUT2D eigenvalue weighted by Gasteiger charge is -2.05. The average molecular weight is 328 g/mol. The van der Waals surface area contributed by atoms with Crippen molar-refractivity contribution in [2.24, 2.45) is 0 Å². The molecule has 1 aromatic heterocycles. The molecule has 1 amide bonds. The molecule has 0 fully saturated rings. The Kier molecular flexibility index (Phi) is 3.84. The van der Waals surface area contributed by atoms with Crippen LogP contribution >= 0.6 is 27.5 Å². The van der Waals surface area contributed by atoms with Crippen molar-refractivity contribution in [1.29, 1.82) is 0 Å². The number of nitrogens with one attached hydrogen (secondary N) is 2. The number of H-pyrrole nitrogens is 1. The molecule has 0 spiro atoms. The Morgan fingerprint density at radius 3 is 2.78 bits per heavy atom. The largest absolute Gasteiger partial charge is 0.367 e. The minimum absolute atomic E-state index is 0.0524. The molecule has 0 atom stereocenters. The number of aromatic nitrogens is 1. The van der Waals surface area contributed by atoms with Crippen molar-refractivity contribution >= 4 is 39.1 Å². The summed E-state index contributed by atoms with van der Waals surface area (Å²) < 4.78 is 0.736. The molecule has 0 aliphatic carbocycles. The fraction of sp³-hybridized carbons (Fsp3) is 0. The Labute approximate surface area is 116 Å². The Balaban J connectivity index is 2.24. The van der Waals surface area contributed by atoms with Gasteiger partial charge in [-0.1, -0.05) is 11.6 Å². The second-order valence-electron chi connectivity index (χ2n) is 3.51. The Hall–Kier alpha value is -1.59. The van der Waals surface area contributed by atoms with Crippen LogP contribution in [-0.4, -0.2) is 10.9 Å². The van der Waals surface area contributed by atoms with Crippen LogP contribution in [0.2, 0.25) is 5.02 Å². The summed E-state index contributed by atoms with van der Waals surface area (Å²) in [7, 11) is 0. The highest BCUT2D eigenvalue weighted by molar-refractivity contribution is 9.10. The van der Waals surface area contributed by atoms with Crippen LogP contribution in [-0.2, 0) is 0 Å². The van der Waals surface area contributed by atoms with Crippen LogP contribution in [0.25, 0.3) is 0 Å². The maximum absolute atomic E-state index is 11.8. The van der Waals surface area contributed by atoms with Crippen LogP contribution in [0.1, 0.15) is 10.4 Å². The van der Waals surface area contributed by atoms with E-state index in [9.17, 15) is 9.59 Å². The van der Waals surface area contributed by atoms with Crippen molar-refractivity contribution in [3.8, 4) is 0 Å². The van der Waals surface area contributed by atoms with Gasteiger partial charge in [-0.05, 0) is 34.1 Å². The normalized spacial score (nSPS) is 10.1. The van der Waals surface area contributed by atoms with Gasteiger partial charge in [0, 0.05) is 28.6 Å². The lowest BCUT2D eigenvalue weighted by atomic mass is 10.2. The van der Waals surface area contributed by atoms with Crippen LogP contribution in [0.15, 0.2) is 45.9 Å². The van der Waals surface area contributed by atoms with E-state index < -0.39 is 5.91 Å².